The molecule has 4 rings (SSSR count). The number of carbonyl (C=O) groups is 1. The molecule has 0 bridgehead atoms. The monoisotopic (exact) mass is 470 g/mol. The Morgan fingerprint density at radius 3 is 2.81 bits per heavy atom. The van der Waals surface area contributed by atoms with E-state index in [0.29, 0.717) is 38.9 Å². The summed E-state index contributed by atoms with van der Waals surface area (Å²) in [5, 5.41) is 9.21. The molecule has 166 valence electrons. The summed E-state index contributed by atoms with van der Waals surface area (Å²) in [6.45, 7) is 3.91. The van der Waals surface area contributed by atoms with Crippen LogP contribution >= 0.6 is 23.4 Å². The van der Waals surface area contributed by atoms with Gasteiger partial charge in [0, 0.05) is 16.5 Å². The first kappa shape index (κ1) is 22.2. The van der Waals surface area contributed by atoms with Gasteiger partial charge >= 0.3 is 5.97 Å². The van der Waals surface area contributed by atoms with E-state index in [0.717, 1.165) is 11.1 Å². The average Bonchev–Trinajstić information content (AvgIpc) is 3.20. The third kappa shape index (κ3) is 4.47. The standard InChI is InChI=1S/C23H23ClN4O3S/c1-4-31-21(29)19-14(2)25-22-26-23(32-13-16-8-5-6-11-18(16)24)27-28(22)20(19)15-9-7-10-17(12-15)30-3/h5-12,20H,4,13H2,1-3H3,(H,25,26,27). The molecular formula is C23H23ClN4O3S. The lowest BCUT2D eigenvalue weighted by Gasteiger charge is -2.28. The van der Waals surface area contributed by atoms with Gasteiger partial charge in [-0.2, -0.15) is 4.98 Å². The highest BCUT2D eigenvalue weighted by Crippen LogP contribution is 2.38. The van der Waals surface area contributed by atoms with Crippen molar-refractivity contribution in [1.29, 1.82) is 0 Å². The van der Waals surface area contributed by atoms with Crippen molar-refractivity contribution in [2.24, 2.45) is 0 Å². The number of halogens is 1. The predicted molar refractivity (Wildman–Crippen MR) is 125 cm³/mol. The highest BCUT2D eigenvalue weighted by atomic mass is 35.5. The molecule has 1 aliphatic rings. The van der Waals surface area contributed by atoms with E-state index in [1.165, 1.54) is 11.8 Å². The fraction of sp³-hybridized carbons (Fsp3) is 0.261. The molecule has 1 atom stereocenters. The molecule has 0 saturated heterocycles. The maximum atomic E-state index is 12.9. The van der Waals surface area contributed by atoms with Crippen LogP contribution in [0.4, 0.5) is 5.95 Å². The van der Waals surface area contributed by atoms with Crippen LogP contribution in [0.25, 0.3) is 0 Å². The molecule has 32 heavy (non-hydrogen) atoms. The van der Waals surface area contributed by atoms with Gasteiger partial charge in [-0.1, -0.05) is 53.7 Å². The van der Waals surface area contributed by atoms with Crippen LogP contribution in [0.1, 0.15) is 31.0 Å². The van der Waals surface area contributed by atoms with Crippen molar-refractivity contribution < 1.29 is 14.3 Å². The Morgan fingerprint density at radius 1 is 1.25 bits per heavy atom. The summed E-state index contributed by atoms with van der Waals surface area (Å²) >= 11 is 7.76. The van der Waals surface area contributed by atoms with Crippen molar-refractivity contribution in [3.63, 3.8) is 0 Å². The number of carbonyl (C=O) groups excluding carboxylic acids is 1. The topological polar surface area (TPSA) is 78.3 Å². The molecule has 0 fully saturated rings. The van der Waals surface area contributed by atoms with E-state index in [4.69, 9.17) is 26.2 Å². The van der Waals surface area contributed by atoms with E-state index in [1.807, 2.05) is 55.5 Å². The molecule has 0 aliphatic carbocycles. The van der Waals surface area contributed by atoms with Gasteiger partial charge in [0.2, 0.25) is 11.1 Å². The molecule has 2 heterocycles. The van der Waals surface area contributed by atoms with Gasteiger partial charge < -0.3 is 14.8 Å². The molecule has 1 unspecified atom stereocenters. The second-order valence-corrected chi connectivity index (χ2v) is 8.46. The second-order valence-electron chi connectivity index (χ2n) is 7.11. The van der Waals surface area contributed by atoms with E-state index >= 15 is 0 Å². The summed E-state index contributed by atoms with van der Waals surface area (Å²) < 4.78 is 12.5. The second kappa shape index (κ2) is 9.67. The minimum atomic E-state index is -0.498. The Labute approximate surface area is 195 Å². The first-order valence-electron chi connectivity index (χ1n) is 10.1. The smallest absolute Gasteiger partial charge is 0.338 e. The minimum Gasteiger partial charge on any atom is -0.497 e. The minimum absolute atomic E-state index is 0.281. The highest BCUT2D eigenvalue weighted by Gasteiger charge is 2.35. The number of aromatic nitrogens is 3. The third-order valence-electron chi connectivity index (χ3n) is 5.05. The summed E-state index contributed by atoms with van der Waals surface area (Å²) in [7, 11) is 1.61. The first-order valence-corrected chi connectivity index (χ1v) is 11.5. The lowest BCUT2D eigenvalue weighted by Crippen LogP contribution is -2.29. The number of anilines is 1. The Bertz CT molecular complexity index is 1180. The molecule has 1 N–H and O–H groups in total. The highest BCUT2D eigenvalue weighted by molar-refractivity contribution is 7.98. The molecule has 7 nitrogen and oxygen atoms in total. The molecule has 1 aromatic heterocycles. The number of nitrogens with zero attached hydrogens (tertiary/aromatic N) is 3. The number of hydrogen-bond acceptors (Lipinski definition) is 7. The van der Waals surface area contributed by atoms with E-state index in [-0.39, 0.29) is 6.61 Å². The van der Waals surface area contributed by atoms with Crippen molar-refractivity contribution in [1.82, 2.24) is 14.8 Å². The van der Waals surface area contributed by atoms with Crippen molar-refractivity contribution in [3.8, 4) is 5.75 Å². The number of allylic oxidation sites excluding steroid dienone is 1. The number of nitrogens with one attached hydrogen (secondary N) is 1. The number of fused-ring (bicyclic) bond motifs is 1. The number of methoxy groups -OCH3 is 1. The van der Waals surface area contributed by atoms with Gasteiger partial charge in [0.05, 0.1) is 19.3 Å². The van der Waals surface area contributed by atoms with Crippen LogP contribution in [0.15, 0.2) is 65.0 Å². The van der Waals surface area contributed by atoms with Crippen LogP contribution < -0.4 is 10.1 Å². The van der Waals surface area contributed by atoms with E-state index in [1.54, 1.807) is 18.7 Å². The quantitative estimate of drug-likeness (QED) is 0.381. The fourth-order valence-corrected chi connectivity index (χ4v) is 4.66. The van der Waals surface area contributed by atoms with Crippen LogP contribution in [0.3, 0.4) is 0 Å². The fourth-order valence-electron chi connectivity index (χ4n) is 3.54. The number of rotatable bonds is 7. The van der Waals surface area contributed by atoms with E-state index < -0.39 is 12.0 Å². The third-order valence-corrected chi connectivity index (χ3v) is 6.31. The van der Waals surface area contributed by atoms with Crippen molar-refractivity contribution in [3.05, 3.63) is 76.0 Å². The molecule has 0 spiro atoms. The van der Waals surface area contributed by atoms with Crippen molar-refractivity contribution >= 4 is 35.3 Å². The normalized spacial score (nSPS) is 15.2. The van der Waals surface area contributed by atoms with E-state index in [9.17, 15) is 4.79 Å². The largest absolute Gasteiger partial charge is 0.497 e. The summed E-state index contributed by atoms with van der Waals surface area (Å²) in [6, 6.07) is 14.8. The number of ether oxygens (including phenoxy) is 2. The van der Waals surface area contributed by atoms with Gasteiger partial charge in [0.25, 0.3) is 0 Å². The number of hydrogen-bond donors (Lipinski definition) is 1. The first-order chi connectivity index (χ1) is 15.5. The lowest BCUT2D eigenvalue weighted by molar-refractivity contribution is -0.139. The Hall–Kier alpha value is -2.97. The van der Waals surface area contributed by atoms with Gasteiger partial charge in [0.15, 0.2) is 0 Å². The van der Waals surface area contributed by atoms with Gasteiger partial charge in [-0.05, 0) is 43.2 Å². The zero-order valence-electron chi connectivity index (χ0n) is 18.0. The van der Waals surface area contributed by atoms with Crippen LogP contribution in [0.5, 0.6) is 5.75 Å². The molecule has 9 heteroatoms. The lowest BCUT2D eigenvalue weighted by atomic mass is 9.95. The summed E-state index contributed by atoms with van der Waals surface area (Å²) in [5.74, 6) is 1.49. The molecule has 0 radical (unpaired) electrons. The predicted octanol–water partition coefficient (Wildman–Crippen LogP) is 5.08. The molecule has 0 saturated carbocycles. The van der Waals surface area contributed by atoms with Gasteiger partial charge in [0.1, 0.15) is 11.8 Å². The Balaban J connectivity index is 1.72. The number of benzene rings is 2. The summed E-state index contributed by atoms with van der Waals surface area (Å²) in [6.07, 6.45) is 0. The maximum absolute atomic E-state index is 12.9. The summed E-state index contributed by atoms with van der Waals surface area (Å²) in [4.78, 5) is 17.5. The van der Waals surface area contributed by atoms with E-state index in [2.05, 4.69) is 10.3 Å². The molecule has 1 aliphatic heterocycles. The van der Waals surface area contributed by atoms with Crippen LogP contribution in [-0.2, 0) is 15.3 Å². The Morgan fingerprint density at radius 2 is 2.06 bits per heavy atom. The van der Waals surface area contributed by atoms with Gasteiger partial charge in [-0.25, -0.2) is 9.48 Å². The number of thioether (sulfide) groups is 1. The van der Waals surface area contributed by atoms with Crippen LogP contribution in [-0.4, -0.2) is 34.5 Å². The Kier molecular flexibility index (Phi) is 6.72. The molecule has 2 aromatic carbocycles. The SMILES string of the molecule is CCOC(=O)C1=C(C)Nc2nc(SCc3ccccc3Cl)nn2C1c1cccc(OC)c1. The van der Waals surface area contributed by atoms with Gasteiger partial charge in [-0.15, -0.1) is 5.10 Å². The van der Waals surface area contributed by atoms with Crippen LogP contribution in [0.2, 0.25) is 5.02 Å². The van der Waals surface area contributed by atoms with Gasteiger partial charge in [-0.3, -0.25) is 0 Å². The zero-order chi connectivity index (χ0) is 22.7. The molecule has 0 amide bonds. The maximum Gasteiger partial charge on any atom is 0.338 e. The average molecular weight is 471 g/mol. The van der Waals surface area contributed by atoms with Crippen molar-refractivity contribution in [2.45, 2.75) is 30.8 Å². The van der Waals surface area contributed by atoms with Crippen molar-refractivity contribution in [2.75, 3.05) is 19.0 Å². The molecular weight excluding hydrogens is 448 g/mol. The molecule has 3 aromatic rings. The zero-order valence-corrected chi connectivity index (χ0v) is 19.5. The summed E-state index contributed by atoms with van der Waals surface area (Å²) in [5.41, 5.74) is 3.02. The number of esters is 1. The van der Waals surface area contributed by atoms with Crippen LogP contribution in [0, 0.1) is 0 Å².